The number of anilines is 1. The van der Waals surface area contributed by atoms with Gasteiger partial charge in [0, 0.05) is 18.6 Å². The van der Waals surface area contributed by atoms with E-state index in [1.165, 1.54) is 12.1 Å². The van der Waals surface area contributed by atoms with Gasteiger partial charge in [-0.25, -0.2) is 4.39 Å². The van der Waals surface area contributed by atoms with Crippen LogP contribution < -0.4 is 14.8 Å². The molecule has 1 aliphatic carbocycles. The summed E-state index contributed by atoms with van der Waals surface area (Å²) in [6.07, 6.45) is 3.39. The van der Waals surface area contributed by atoms with Gasteiger partial charge in [0.2, 0.25) is 0 Å². The average molecular weight is 502 g/mol. The highest BCUT2D eigenvalue weighted by molar-refractivity contribution is 5.77. The molecule has 7 heteroatoms. The maximum atomic E-state index is 13.5. The molecule has 4 aromatic rings. The van der Waals surface area contributed by atoms with Gasteiger partial charge in [0.25, 0.3) is 6.01 Å². The lowest BCUT2D eigenvalue weighted by atomic mass is 9.99. The molecule has 37 heavy (non-hydrogen) atoms. The van der Waals surface area contributed by atoms with Crippen molar-refractivity contribution >= 4 is 17.1 Å². The maximum Gasteiger partial charge on any atom is 0.295 e. The predicted octanol–water partition coefficient (Wildman–Crippen LogP) is 6.51. The van der Waals surface area contributed by atoms with E-state index in [0.29, 0.717) is 30.6 Å². The molecular weight excluding hydrogens is 469 g/mol. The summed E-state index contributed by atoms with van der Waals surface area (Å²) >= 11 is 0. The number of hydrogen-bond donors (Lipinski definition) is 1. The number of benzene rings is 3. The summed E-state index contributed by atoms with van der Waals surface area (Å²) in [4.78, 5) is 7.21. The Morgan fingerprint density at radius 2 is 1.86 bits per heavy atom. The molecule has 0 amide bonds. The zero-order chi connectivity index (χ0) is 25.4. The number of ether oxygens (including phenoxy) is 2. The standard InChI is InChI=1S/C30H32FN3O3/c1-3-36-28-17-19(16-27(35-2)29(28)20-8-10-21(31)11-9-20)18-34-15-14-22-23(12-13-25(22)34)32-30-33-24-6-4-5-7-26(24)37-30/h4-11,16-17,22-23,25H,3,12-15,18H2,1-2H3,(H,32,33)/t22-,23?,25+/m0/s1. The first-order valence-corrected chi connectivity index (χ1v) is 13.1. The van der Waals surface area contributed by atoms with E-state index in [0.717, 1.165) is 71.6 Å². The minimum atomic E-state index is -0.263. The van der Waals surface area contributed by atoms with Crippen molar-refractivity contribution in [3.05, 3.63) is 72.0 Å². The van der Waals surface area contributed by atoms with Crippen molar-refractivity contribution in [3.63, 3.8) is 0 Å². The van der Waals surface area contributed by atoms with Crippen LogP contribution in [0.4, 0.5) is 10.4 Å². The Hall–Kier alpha value is -3.58. The van der Waals surface area contributed by atoms with E-state index < -0.39 is 0 Å². The first kappa shape index (κ1) is 23.8. The first-order chi connectivity index (χ1) is 18.1. The molecule has 0 bridgehead atoms. The van der Waals surface area contributed by atoms with Crippen LogP contribution in [-0.4, -0.2) is 42.2 Å². The van der Waals surface area contributed by atoms with Gasteiger partial charge in [-0.15, -0.1) is 0 Å². The second-order valence-corrected chi connectivity index (χ2v) is 9.92. The number of hydrogen-bond acceptors (Lipinski definition) is 6. The third-order valence-electron chi connectivity index (χ3n) is 7.77. The molecule has 2 heterocycles. The van der Waals surface area contributed by atoms with Crippen LogP contribution >= 0.6 is 0 Å². The number of likely N-dealkylation sites (tertiary alicyclic amines) is 1. The van der Waals surface area contributed by atoms with Gasteiger partial charge in [-0.05, 0) is 86.2 Å². The Kier molecular flexibility index (Phi) is 6.47. The smallest absolute Gasteiger partial charge is 0.295 e. The number of aromatic nitrogens is 1. The van der Waals surface area contributed by atoms with E-state index in [2.05, 4.69) is 27.3 Å². The number of para-hydroxylation sites is 2. The molecule has 1 N–H and O–H groups in total. The molecule has 3 aromatic carbocycles. The molecular formula is C30H32FN3O3. The Morgan fingerprint density at radius 3 is 2.65 bits per heavy atom. The number of nitrogens with zero attached hydrogens (tertiary/aromatic N) is 2. The Morgan fingerprint density at radius 1 is 1.05 bits per heavy atom. The van der Waals surface area contributed by atoms with Gasteiger partial charge in [0.15, 0.2) is 5.58 Å². The van der Waals surface area contributed by atoms with Crippen molar-refractivity contribution in [2.45, 2.75) is 44.8 Å². The topological polar surface area (TPSA) is 59.8 Å². The summed E-state index contributed by atoms with van der Waals surface area (Å²) < 4.78 is 31.3. The fourth-order valence-corrected chi connectivity index (χ4v) is 6.14. The number of halogens is 1. The van der Waals surface area contributed by atoms with Gasteiger partial charge < -0.3 is 19.2 Å². The number of rotatable bonds is 8. The minimum absolute atomic E-state index is 0.263. The van der Waals surface area contributed by atoms with E-state index in [1.54, 1.807) is 19.2 Å². The van der Waals surface area contributed by atoms with Crippen molar-refractivity contribution in [2.75, 3.05) is 25.6 Å². The second-order valence-electron chi connectivity index (χ2n) is 9.92. The molecule has 6 rings (SSSR count). The van der Waals surface area contributed by atoms with Crippen molar-refractivity contribution in [3.8, 4) is 22.6 Å². The zero-order valence-corrected chi connectivity index (χ0v) is 21.2. The van der Waals surface area contributed by atoms with Crippen molar-refractivity contribution in [2.24, 2.45) is 5.92 Å². The average Bonchev–Trinajstić information content (AvgIpc) is 3.61. The largest absolute Gasteiger partial charge is 0.496 e. The third-order valence-corrected chi connectivity index (χ3v) is 7.77. The number of oxazole rings is 1. The molecule has 6 nitrogen and oxygen atoms in total. The molecule has 1 aliphatic heterocycles. The number of methoxy groups -OCH3 is 1. The lowest BCUT2D eigenvalue weighted by molar-refractivity contribution is 0.231. The van der Waals surface area contributed by atoms with Gasteiger partial charge in [-0.3, -0.25) is 4.90 Å². The predicted molar refractivity (Wildman–Crippen MR) is 143 cm³/mol. The highest BCUT2D eigenvalue weighted by atomic mass is 19.1. The van der Waals surface area contributed by atoms with E-state index in [9.17, 15) is 4.39 Å². The molecule has 2 fully saturated rings. The normalized spacial score (nSPS) is 21.3. The molecule has 192 valence electrons. The Balaban J connectivity index is 1.20. The van der Waals surface area contributed by atoms with E-state index in [4.69, 9.17) is 13.9 Å². The van der Waals surface area contributed by atoms with Crippen molar-refractivity contribution in [1.29, 1.82) is 0 Å². The van der Waals surface area contributed by atoms with Gasteiger partial charge in [-0.2, -0.15) is 4.98 Å². The van der Waals surface area contributed by atoms with Crippen LogP contribution in [0.5, 0.6) is 11.5 Å². The molecule has 2 aliphatic rings. The summed E-state index contributed by atoms with van der Waals surface area (Å²) in [7, 11) is 1.67. The number of nitrogens with one attached hydrogen (secondary N) is 1. The summed E-state index contributed by atoms with van der Waals surface area (Å²) in [5, 5.41) is 3.59. The summed E-state index contributed by atoms with van der Waals surface area (Å²) in [6, 6.07) is 20.0. The SMILES string of the molecule is CCOc1cc(CN2CC[C@H]3C(Nc4nc5ccccc5o4)CC[C@H]32)cc(OC)c1-c1ccc(F)cc1. The second kappa shape index (κ2) is 10.1. The van der Waals surface area contributed by atoms with Gasteiger partial charge in [-0.1, -0.05) is 24.3 Å². The highest BCUT2D eigenvalue weighted by Crippen LogP contribution is 2.43. The van der Waals surface area contributed by atoms with Crippen LogP contribution in [0.1, 0.15) is 31.7 Å². The zero-order valence-electron chi connectivity index (χ0n) is 21.2. The van der Waals surface area contributed by atoms with Crippen LogP contribution in [0.3, 0.4) is 0 Å². The van der Waals surface area contributed by atoms with Crippen molar-refractivity contribution in [1.82, 2.24) is 9.88 Å². The van der Waals surface area contributed by atoms with Crippen LogP contribution in [0.15, 0.2) is 65.1 Å². The fraction of sp³-hybridized carbons (Fsp3) is 0.367. The van der Waals surface area contributed by atoms with Crippen LogP contribution in [0.25, 0.3) is 22.2 Å². The monoisotopic (exact) mass is 501 g/mol. The first-order valence-electron chi connectivity index (χ1n) is 13.1. The maximum absolute atomic E-state index is 13.5. The van der Waals surface area contributed by atoms with Crippen molar-refractivity contribution < 1.29 is 18.3 Å². The molecule has 1 saturated carbocycles. The molecule has 0 radical (unpaired) electrons. The van der Waals surface area contributed by atoms with Gasteiger partial charge >= 0.3 is 0 Å². The summed E-state index contributed by atoms with van der Waals surface area (Å²) in [6.45, 7) is 4.39. The number of fused-ring (bicyclic) bond motifs is 2. The van der Waals surface area contributed by atoms with Crippen LogP contribution in [0, 0.1) is 11.7 Å². The van der Waals surface area contributed by atoms with Gasteiger partial charge in [0.05, 0.1) is 19.3 Å². The van der Waals surface area contributed by atoms with Crippen LogP contribution in [-0.2, 0) is 6.54 Å². The molecule has 3 atom stereocenters. The highest BCUT2D eigenvalue weighted by Gasteiger charge is 2.44. The van der Waals surface area contributed by atoms with Crippen LogP contribution in [0.2, 0.25) is 0 Å². The third kappa shape index (κ3) is 4.64. The lowest BCUT2D eigenvalue weighted by Crippen LogP contribution is -2.32. The summed E-state index contributed by atoms with van der Waals surface area (Å²) in [5.74, 6) is 1.80. The quantitative estimate of drug-likeness (QED) is 0.297. The summed E-state index contributed by atoms with van der Waals surface area (Å²) in [5.41, 5.74) is 4.59. The van der Waals surface area contributed by atoms with E-state index >= 15 is 0 Å². The fourth-order valence-electron chi connectivity index (χ4n) is 6.14. The molecule has 0 spiro atoms. The Labute approximate surface area is 216 Å². The minimum Gasteiger partial charge on any atom is -0.496 e. The van der Waals surface area contributed by atoms with E-state index in [1.807, 2.05) is 31.2 Å². The molecule has 1 saturated heterocycles. The Bertz CT molecular complexity index is 1350. The lowest BCUT2D eigenvalue weighted by Gasteiger charge is -2.25. The molecule has 1 unspecified atom stereocenters. The van der Waals surface area contributed by atoms with Gasteiger partial charge in [0.1, 0.15) is 22.8 Å². The molecule has 1 aromatic heterocycles. The van der Waals surface area contributed by atoms with E-state index in [-0.39, 0.29) is 5.82 Å².